The molecule has 0 saturated heterocycles. The summed E-state index contributed by atoms with van der Waals surface area (Å²) in [5, 5.41) is 11.1. The van der Waals surface area contributed by atoms with Crippen molar-refractivity contribution in [1.82, 2.24) is 0 Å². The molecule has 0 fully saturated rings. The van der Waals surface area contributed by atoms with E-state index in [1.165, 1.54) is 51.6 Å². The van der Waals surface area contributed by atoms with Gasteiger partial charge in [0, 0.05) is 0 Å². The van der Waals surface area contributed by atoms with E-state index in [1.54, 1.807) is 0 Å². The second kappa shape index (κ2) is 4.54. The zero-order valence-electron chi connectivity index (χ0n) is 12.9. The number of hydrogen-bond acceptors (Lipinski definition) is 0. The molecule has 0 atom stereocenters. The molecule has 0 aliphatic rings. The Morgan fingerprint density at radius 2 is 1.21 bits per heavy atom. The fourth-order valence-electron chi connectivity index (χ4n) is 4.00. The molecule has 0 nitrogen and oxygen atoms in total. The van der Waals surface area contributed by atoms with Gasteiger partial charge in [-0.3, -0.25) is 0 Å². The Morgan fingerprint density at radius 1 is 0.500 bits per heavy atom. The summed E-state index contributed by atoms with van der Waals surface area (Å²) in [6, 6.07) is 29.4. The van der Waals surface area contributed by atoms with Crippen LogP contribution < -0.4 is 0 Å². The van der Waals surface area contributed by atoms with Crippen molar-refractivity contribution < 1.29 is 0 Å². The standard InChI is InChI=1S/C23H13Se/c1-2-7-20-16(4-1)12-18-13-17-9-8-14-5-3-6-15-10-11-19(23(18)24-20)22(17)21(14)15/h1-13H/q+1. The van der Waals surface area contributed by atoms with Gasteiger partial charge in [-0.15, -0.1) is 0 Å². The van der Waals surface area contributed by atoms with E-state index in [0.717, 1.165) is 0 Å². The van der Waals surface area contributed by atoms with Crippen LogP contribution in [0.4, 0.5) is 0 Å². The molecule has 5 aromatic carbocycles. The molecule has 0 aliphatic carbocycles. The van der Waals surface area contributed by atoms with E-state index in [1.807, 2.05) is 0 Å². The van der Waals surface area contributed by atoms with Crippen molar-refractivity contribution in [3.05, 3.63) is 78.9 Å². The fourth-order valence-corrected chi connectivity index (χ4v) is 6.36. The van der Waals surface area contributed by atoms with Crippen molar-refractivity contribution in [3.63, 3.8) is 0 Å². The van der Waals surface area contributed by atoms with E-state index in [2.05, 4.69) is 78.9 Å². The molecule has 1 heterocycles. The van der Waals surface area contributed by atoms with Crippen LogP contribution in [0.15, 0.2) is 78.9 Å². The van der Waals surface area contributed by atoms with Gasteiger partial charge in [-0.05, 0) is 0 Å². The summed E-state index contributed by atoms with van der Waals surface area (Å²) < 4.78 is 3.03. The third-order valence-electron chi connectivity index (χ3n) is 5.07. The number of rotatable bonds is 0. The van der Waals surface area contributed by atoms with Gasteiger partial charge < -0.3 is 0 Å². The number of benzene rings is 5. The molecule has 1 aromatic heterocycles. The Kier molecular flexibility index (Phi) is 2.44. The molecule has 0 aliphatic heterocycles. The third kappa shape index (κ3) is 1.61. The summed E-state index contributed by atoms with van der Waals surface area (Å²) >= 11 is 0.364. The average molecular weight is 368 g/mol. The topological polar surface area (TPSA) is 0 Å². The SMILES string of the molecule is c1ccc2[se+]c3c(cc2c1)cc1ccc2cccc4ccc3c1c24. The minimum absolute atomic E-state index is 0.364. The van der Waals surface area contributed by atoms with Crippen molar-refractivity contribution in [3.8, 4) is 0 Å². The monoisotopic (exact) mass is 369 g/mol. The molecule has 6 aromatic rings. The van der Waals surface area contributed by atoms with E-state index in [0.29, 0.717) is 14.5 Å². The molecule has 0 radical (unpaired) electrons. The van der Waals surface area contributed by atoms with Crippen molar-refractivity contribution in [1.29, 1.82) is 0 Å². The fraction of sp³-hybridized carbons (Fsp3) is 0. The summed E-state index contributed by atoms with van der Waals surface area (Å²) in [7, 11) is 0. The van der Waals surface area contributed by atoms with Crippen LogP contribution in [0.5, 0.6) is 0 Å². The van der Waals surface area contributed by atoms with Crippen LogP contribution in [0.3, 0.4) is 0 Å². The van der Waals surface area contributed by atoms with Gasteiger partial charge >= 0.3 is 145 Å². The molecule has 0 N–H and O–H groups in total. The minimum atomic E-state index is 0.364. The van der Waals surface area contributed by atoms with Crippen LogP contribution in [0.2, 0.25) is 0 Å². The van der Waals surface area contributed by atoms with Gasteiger partial charge in [-0.1, -0.05) is 0 Å². The molecular formula is C23H13Se+. The first-order chi connectivity index (χ1) is 11.9. The molecule has 0 spiro atoms. The maximum atomic E-state index is 2.39. The second-order valence-corrected chi connectivity index (χ2v) is 8.64. The van der Waals surface area contributed by atoms with Gasteiger partial charge in [0.1, 0.15) is 0 Å². The molecule has 6 rings (SSSR count). The first-order valence-electron chi connectivity index (χ1n) is 8.21. The first kappa shape index (κ1) is 12.9. The van der Waals surface area contributed by atoms with Crippen LogP contribution in [-0.2, 0) is 0 Å². The summed E-state index contributed by atoms with van der Waals surface area (Å²) in [6.45, 7) is 0. The Morgan fingerprint density at radius 3 is 2.12 bits per heavy atom. The van der Waals surface area contributed by atoms with Crippen LogP contribution in [0, 0.1) is 0 Å². The number of hydrogen-bond donors (Lipinski definition) is 0. The van der Waals surface area contributed by atoms with Crippen LogP contribution in [-0.4, -0.2) is 14.5 Å². The summed E-state index contributed by atoms with van der Waals surface area (Å²) in [5.74, 6) is 0. The Hall–Kier alpha value is -2.47. The average Bonchev–Trinajstić information content (AvgIpc) is 2.64. The van der Waals surface area contributed by atoms with Crippen molar-refractivity contribution in [2.24, 2.45) is 0 Å². The molecule has 0 amide bonds. The van der Waals surface area contributed by atoms with Crippen molar-refractivity contribution in [2.75, 3.05) is 0 Å². The predicted molar refractivity (Wildman–Crippen MR) is 107 cm³/mol. The zero-order valence-corrected chi connectivity index (χ0v) is 14.6. The van der Waals surface area contributed by atoms with E-state index in [9.17, 15) is 0 Å². The molecule has 24 heavy (non-hydrogen) atoms. The predicted octanol–water partition coefficient (Wildman–Crippen LogP) is 6.23. The Bertz CT molecular complexity index is 1380. The summed E-state index contributed by atoms with van der Waals surface area (Å²) in [6.07, 6.45) is 0. The quantitative estimate of drug-likeness (QED) is 0.169. The Balaban J connectivity index is 1.95. The van der Waals surface area contributed by atoms with Gasteiger partial charge in [0.15, 0.2) is 0 Å². The van der Waals surface area contributed by atoms with Crippen molar-refractivity contribution >= 4 is 66.1 Å². The summed E-state index contributed by atoms with van der Waals surface area (Å²) in [5.41, 5.74) is 0. The van der Waals surface area contributed by atoms with Crippen LogP contribution in [0.1, 0.15) is 0 Å². The van der Waals surface area contributed by atoms with Gasteiger partial charge in [-0.25, -0.2) is 0 Å². The van der Waals surface area contributed by atoms with E-state index in [4.69, 9.17) is 0 Å². The Labute approximate surface area is 145 Å². The molecular weight excluding hydrogens is 355 g/mol. The third-order valence-corrected chi connectivity index (χ3v) is 7.69. The van der Waals surface area contributed by atoms with Gasteiger partial charge in [0.05, 0.1) is 0 Å². The van der Waals surface area contributed by atoms with Crippen LogP contribution >= 0.6 is 0 Å². The molecule has 110 valence electrons. The normalized spacial score (nSPS) is 12.2. The van der Waals surface area contributed by atoms with E-state index in [-0.39, 0.29) is 0 Å². The summed E-state index contributed by atoms with van der Waals surface area (Å²) in [4.78, 5) is 0. The molecule has 0 saturated carbocycles. The molecule has 1 heteroatoms. The molecule has 0 bridgehead atoms. The maximum absolute atomic E-state index is 2.39. The van der Waals surface area contributed by atoms with Crippen molar-refractivity contribution in [2.45, 2.75) is 0 Å². The van der Waals surface area contributed by atoms with Gasteiger partial charge in [-0.2, -0.15) is 0 Å². The van der Waals surface area contributed by atoms with E-state index < -0.39 is 0 Å². The van der Waals surface area contributed by atoms with Gasteiger partial charge in [0.25, 0.3) is 0 Å². The van der Waals surface area contributed by atoms with E-state index >= 15 is 0 Å². The van der Waals surface area contributed by atoms with Gasteiger partial charge in [0.2, 0.25) is 0 Å². The second-order valence-electron chi connectivity index (χ2n) is 6.44. The number of fused-ring (bicyclic) bond motifs is 3. The molecule has 0 unspecified atom stereocenters. The zero-order chi connectivity index (χ0) is 15.7. The van der Waals surface area contributed by atoms with Crippen LogP contribution in [0.25, 0.3) is 51.6 Å². The first-order valence-corrected chi connectivity index (χ1v) is 9.92.